The first kappa shape index (κ1) is 31.5. The van der Waals surface area contributed by atoms with Crippen LogP contribution in [-0.4, -0.2) is 8.07 Å². The number of benzene rings is 8. The summed E-state index contributed by atoms with van der Waals surface area (Å²) in [7, 11) is -2.79. The van der Waals surface area contributed by atoms with Crippen LogP contribution in [0.3, 0.4) is 0 Å². The highest BCUT2D eigenvalue weighted by atomic mass is 32.1. The van der Waals surface area contributed by atoms with Crippen molar-refractivity contribution in [3.63, 3.8) is 0 Å². The summed E-state index contributed by atoms with van der Waals surface area (Å²) >= 11 is 1.95. The number of hydrogen-bond donors (Lipinski definition) is 0. The Morgan fingerprint density at radius 3 is 1.89 bits per heavy atom. The highest BCUT2D eigenvalue weighted by molar-refractivity contribution is 7.28. The fourth-order valence-electron chi connectivity index (χ4n) is 9.89. The molecule has 9 aromatic rings. The molecule has 0 saturated heterocycles. The van der Waals surface area contributed by atoms with E-state index >= 15 is 0 Å². The van der Waals surface area contributed by atoms with Gasteiger partial charge in [0.25, 0.3) is 0 Å². The van der Waals surface area contributed by atoms with Gasteiger partial charge in [0.05, 0.1) is 5.69 Å². The summed E-state index contributed by atoms with van der Waals surface area (Å²) < 4.78 is 2.73. The molecule has 1 nitrogen and oxygen atoms in total. The Hall–Kier alpha value is -6.00. The Kier molecular flexibility index (Phi) is 6.86. The highest BCUT2D eigenvalue weighted by Crippen LogP contribution is 2.54. The molecule has 2 aliphatic rings. The summed E-state index contributed by atoms with van der Waals surface area (Å²) in [5.74, 6) is 0. The van der Waals surface area contributed by atoms with Gasteiger partial charge in [0.1, 0.15) is 0 Å². The number of anilines is 3. The Labute approximate surface area is 321 Å². The Bertz CT molecular complexity index is 2870. The molecule has 0 radical (unpaired) electrons. The SMILES string of the molecule is CC1(C)c2ccccc2-c2cccc(N(c3ccccc3)c3ccc4c(c3)[Si](c3ccccc3)(c3ccccc3)c3ccc5c(sc6ccccc65)c3-4)c21. The fraction of sp³-hybridized carbons (Fsp3) is 0.0588. The van der Waals surface area contributed by atoms with Gasteiger partial charge < -0.3 is 4.90 Å². The summed E-state index contributed by atoms with van der Waals surface area (Å²) in [6, 6.07) is 70.8. The van der Waals surface area contributed by atoms with Crippen molar-refractivity contribution in [1.82, 2.24) is 0 Å². The van der Waals surface area contributed by atoms with Crippen molar-refractivity contribution in [1.29, 1.82) is 0 Å². The molecule has 54 heavy (non-hydrogen) atoms. The van der Waals surface area contributed by atoms with Crippen LogP contribution in [0, 0.1) is 0 Å². The van der Waals surface area contributed by atoms with Crippen LogP contribution in [0.15, 0.2) is 188 Å². The lowest BCUT2D eigenvalue weighted by Crippen LogP contribution is -2.72. The normalized spacial score (nSPS) is 14.4. The van der Waals surface area contributed by atoms with E-state index in [0.717, 1.165) is 5.69 Å². The number of nitrogens with zero attached hydrogens (tertiary/aromatic N) is 1. The third-order valence-corrected chi connectivity index (χ3v) is 18.2. The van der Waals surface area contributed by atoms with Crippen molar-refractivity contribution >= 4 is 77.4 Å². The van der Waals surface area contributed by atoms with Gasteiger partial charge in [0.15, 0.2) is 8.07 Å². The minimum absolute atomic E-state index is 0.165. The van der Waals surface area contributed by atoms with Crippen LogP contribution < -0.4 is 25.6 Å². The topological polar surface area (TPSA) is 3.24 Å². The van der Waals surface area contributed by atoms with Gasteiger partial charge in [-0.2, -0.15) is 0 Å². The molecule has 0 amide bonds. The second-order valence-corrected chi connectivity index (χ2v) is 20.0. The number of fused-ring (bicyclic) bond motifs is 10. The summed E-state index contributed by atoms with van der Waals surface area (Å²) in [5.41, 5.74) is 11.6. The monoisotopic (exact) mass is 723 g/mol. The summed E-state index contributed by atoms with van der Waals surface area (Å²) in [6.45, 7) is 4.78. The third kappa shape index (κ3) is 4.25. The molecule has 0 bridgehead atoms. The van der Waals surface area contributed by atoms with E-state index in [1.165, 1.54) is 85.7 Å². The van der Waals surface area contributed by atoms with Crippen LogP contribution in [-0.2, 0) is 5.41 Å². The molecule has 0 saturated carbocycles. The predicted octanol–water partition coefficient (Wildman–Crippen LogP) is 11.2. The summed E-state index contributed by atoms with van der Waals surface area (Å²) in [4.78, 5) is 2.53. The molecule has 0 unspecified atom stereocenters. The maximum absolute atomic E-state index is 2.79. The first-order valence-corrected chi connectivity index (χ1v) is 21.7. The minimum atomic E-state index is -2.79. The minimum Gasteiger partial charge on any atom is -0.310 e. The molecule has 1 aliphatic carbocycles. The first-order chi connectivity index (χ1) is 26.6. The molecule has 3 heteroatoms. The predicted molar refractivity (Wildman–Crippen MR) is 234 cm³/mol. The maximum Gasteiger partial charge on any atom is 0.181 e. The molecule has 256 valence electrons. The smallest absolute Gasteiger partial charge is 0.181 e. The Morgan fingerprint density at radius 1 is 0.481 bits per heavy atom. The van der Waals surface area contributed by atoms with Gasteiger partial charge in [-0.3, -0.25) is 0 Å². The lowest BCUT2D eigenvalue weighted by Gasteiger charge is -2.34. The maximum atomic E-state index is 2.57. The molecule has 2 heterocycles. The van der Waals surface area contributed by atoms with E-state index in [9.17, 15) is 0 Å². The third-order valence-electron chi connectivity index (χ3n) is 12.1. The van der Waals surface area contributed by atoms with Gasteiger partial charge in [-0.05, 0) is 90.5 Å². The molecule has 0 atom stereocenters. The van der Waals surface area contributed by atoms with Gasteiger partial charge in [0, 0.05) is 37.0 Å². The molecule has 0 N–H and O–H groups in total. The average molecular weight is 724 g/mol. The molecule has 8 aromatic carbocycles. The summed E-state index contributed by atoms with van der Waals surface area (Å²) in [6.07, 6.45) is 0. The van der Waals surface area contributed by atoms with Crippen molar-refractivity contribution < 1.29 is 0 Å². The van der Waals surface area contributed by atoms with Crippen molar-refractivity contribution in [3.8, 4) is 22.3 Å². The van der Waals surface area contributed by atoms with Gasteiger partial charge in [0.2, 0.25) is 0 Å². The quantitative estimate of drug-likeness (QED) is 0.160. The van der Waals surface area contributed by atoms with Crippen LogP contribution in [0.25, 0.3) is 42.4 Å². The molecule has 0 fully saturated rings. The van der Waals surface area contributed by atoms with Crippen molar-refractivity contribution in [3.05, 3.63) is 199 Å². The van der Waals surface area contributed by atoms with Crippen LogP contribution in [0.5, 0.6) is 0 Å². The van der Waals surface area contributed by atoms with Gasteiger partial charge in [-0.1, -0.05) is 166 Å². The van der Waals surface area contributed by atoms with Crippen molar-refractivity contribution in [2.24, 2.45) is 0 Å². The summed E-state index contributed by atoms with van der Waals surface area (Å²) in [5, 5.41) is 8.45. The molecule has 11 rings (SSSR count). The zero-order valence-corrected chi connectivity index (χ0v) is 32.1. The molecule has 0 spiro atoms. The zero-order valence-electron chi connectivity index (χ0n) is 30.3. The van der Waals surface area contributed by atoms with Crippen LogP contribution >= 0.6 is 11.3 Å². The molecule has 1 aromatic heterocycles. The van der Waals surface area contributed by atoms with E-state index in [4.69, 9.17) is 0 Å². The standard InChI is InChI=1S/C51H37NSSi/c1-51(2)43-26-14-12-23-38(43)40-25-16-27-44(49(40)51)52(34-17-6-3-7-18-34)35-29-30-42-47(33-35)54(36-19-8-4-9-20-36,37-21-10-5-11-22-37)46-32-31-41-39-24-13-15-28-45(39)53-50(41)48(42)46/h3-33H,1-2H3. The second kappa shape index (κ2) is 11.7. The van der Waals surface area contributed by atoms with E-state index in [-0.39, 0.29) is 5.41 Å². The second-order valence-electron chi connectivity index (χ2n) is 15.2. The average Bonchev–Trinajstić information content (AvgIpc) is 3.83. The van der Waals surface area contributed by atoms with Crippen LogP contribution in [0.2, 0.25) is 0 Å². The number of para-hydroxylation sites is 1. The highest BCUT2D eigenvalue weighted by Gasteiger charge is 2.50. The zero-order chi connectivity index (χ0) is 36.0. The first-order valence-electron chi connectivity index (χ1n) is 18.9. The number of hydrogen-bond acceptors (Lipinski definition) is 2. The van der Waals surface area contributed by atoms with E-state index in [1.54, 1.807) is 0 Å². The van der Waals surface area contributed by atoms with Crippen molar-refractivity contribution in [2.45, 2.75) is 19.3 Å². The van der Waals surface area contributed by atoms with Gasteiger partial charge >= 0.3 is 0 Å². The molecule has 1 aliphatic heterocycles. The lowest BCUT2D eigenvalue weighted by molar-refractivity contribution is 0.661. The van der Waals surface area contributed by atoms with E-state index < -0.39 is 8.07 Å². The number of rotatable bonds is 5. The van der Waals surface area contributed by atoms with E-state index in [1.807, 2.05) is 11.3 Å². The fourth-order valence-corrected chi connectivity index (χ4v) is 16.4. The van der Waals surface area contributed by atoms with E-state index in [2.05, 4.69) is 207 Å². The van der Waals surface area contributed by atoms with Crippen LogP contribution in [0.4, 0.5) is 17.1 Å². The molecular formula is C51H37NSSi. The van der Waals surface area contributed by atoms with Crippen molar-refractivity contribution in [2.75, 3.05) is 4.90 Å². The van der Waals surface area contributed by atoms with Gasteiger partial charge in [-0.15, -0.1) is 11.3 Å². The number of thiophene rings is 1. The van der Waals surface area contributed by atoms with E-state index in [0.29, 0.717) is 0 Å². The Morgan fingerprint density at radius 2 is 1.13 bits per heavy atom. The Balaban J connectivity index is 1.24. The van der Waals surface area contributed by atoms with Gasteiger partial charge in [-0.25, -0.2) is 0 Å². The largest absolute Gasteiger partial charge is 0.310 e. The molecular weight excluding hydrogens is 687 g/mol. The van der Waals surface area contributed by atoms with Crippen LogP contribution in [0.1, 0.15) is 25.0 Å². The lowest BCUT2D eigenvalue weighted by atomic mass is 9.81.